The summed E-state index contributed by atoms with van der Waals surface area (Å²) in [7, 11) is -0.953. The van der Waals surface area contributed by atoms with Crippen LogP contribution in [0.4, 0.5) is 0 Å². The second-order valence-corrected chi connectivity index (χ2v) is 7.79. The fraction of sp³-hybridized carbons (Fsp3) is 1.00. The summed E-state index contributed by atoms with van der Waals surface area (Å²) in [4.78, 5) is 3.56. The Labute approximate surface area is 59.9 Å². The molecule has 0 fully saturated rings. The van der Waals surface area contributed by atoms with Gasteiger partial charge in [0.05, 0.1) is 0 Å². The van der Waals surface area contributed by atoms with E-state index in [1.54, 1.807) is 0 Å². The average Bonchev–Trinajstić information content (AvgIpc) is 1.64. The van der Waals surface area contributed by atoms with Gasteiger partial charge >= 0.3 is 0 Å². The van der Waals surface area contributed by atoms with E-state index in [-0.39, 0.29) is 0 Å². The van der Waals surface area contributed by atoms with Crippen LogP contribution in [0, 0.1) is 0 Å². The third kappa shape index (κ3) is 4.67. The lowest BCUT2D eigenvalue weighted by Crippen LogP contribution is -2.43. The molecule has 0 saturated carbocycles. The van der Waals surface area contributed by atoms with E-state index in [0.29, 0.717) is 0 Å². The van der Waals surface area contributed by atoms with Crippen molar-refractivity contribution in [2.24, 2.45) is 0 Å². The van der Waals surface area contributed by atoms with Crippen LogP contribution >= 0.6 is 0 Å². The third-order valence-corrected chi connectivity index (χ3v) is 4.59. The Morgan fingerprint density at radius 2 is 1.78 bits per heavy atom. The minimum Gasteiger partial charge on any atom is -0.338 e. The molecule has 56 valence electrons. The molecule has 1 N–H and O–H groups in total. The van der Waals surface area contributed by atoms with E-state index >= 15 is 0 Å². The smallest absolute Gasteiger partial charge is 0.119 e. The highest BCUT2D eigenvalue weighted by Crippen LogP contribution is 2.06. The summed E-state index contributed by atoms with van der Waals surface area (Å²) >= 11 is 0. The minimum absolute atomic E-state index is 0.953. The number of nitrogens with one attached hydrogen (secondary N) is 1. The number of hydrogen-bond donors (Lipinski definition) is 1. The fourth-order valence-corrected chi connectivity index (χ4v) is 3.58. The molecule has 0 aliphatic heterocycles. The molecule has 0 saturated heterocycles. The minimum atomic E-state index is -0.953. The molecule has 0 aromatic heterocycles. The van der Waals surface area contributed by atoms with Gasteiger partial charge < -0.3 is 4.98 Å². The quantitative estimate of drug-likeness (QED) is 0.598. The molecule has 0 bridgehead atoms. The van der Waals surface area contributed by atoms with Crippen molar-refractivity contribution >= 4 is 8.24 Å². The molecule has 0 heterocycles. The zero-order valence-electron chi connectivity index (χ0n) is 7.12. The Balaban J connectivity index is 3.43. The highest BCUT2D eigenvalue weighted by atomic mass is 28.3. The van der Waals surface area contributed by atoms with E-state index in [2.05, 4.69) is 31.9 Å². The monoisotopic (exact) mass is 145 g/mol. The van der Waals surface area contributed by atoms with E-state index < -0.39 is 8.24 Å². The molecule has 9 heavy (non-hydrogen) atoms. The van der Waals surface area contributed by atoms with Crippen molar-refractivity contribution in [3.05, 3.63) is 0 Å². The van der Waals surface area contributed by atoms with Gasteiger partial charge in [0.1, 0.15) is 8.24 Å². The van der Waals surface area contributed by atoms with Gasteiger partial charge in [0, 0.05) is 0 Å². The lowest BCUT2D eigenvalue weighted by molar-refractivity contribution is 0.918. The largest absolute Gasteiger partial charge is 0.338 e. The van der Waals surface area contributed by atoms with Gasteiger partial charge in [0.15, 0.2) is 0 Å². The van der Waals surface area contributed by atoms with Crippen LogP contribution < -0.4 is 4.98 Å². The molecule has 0 rings (SSSR count). The van der Waals surface area contributed by atoms with Crippen molar-refractivity contribution in [1.29, 1.82) is 0 Å². The van der Waals surface area contributed by atoms with E-state index in [1.807, 2.05) is 0 Å². The van der Waals surface area contributed by atoms with Crippen LogP contribution in [0.1, 0.15) is 20.3 Å². The summed E-state index contributed by atoms with van der Waals surface area (Å²) in [6, 6.07) is 1.40. The van der Waals surface area contributed by atoms with Gasteiger partial charge in [-0.15, -0.1) is 0 Å². The van der Waals surface area contributed by atoms with Gasteiger partial charge in [0.25, 0.3) is 0 Å². The average molecular weight is 145 g/mol. The molecule has 0 amide bonds. The van der Waals surface area contributed by atoms with Crippen molar-refractivity contribution in [3.63, 3.8) is 0 Å². The predicted octanol–water partition coefficient (Wildman–Crippen LogP) is 2.21. The van der Waals surface area contributed by atoms with Gasteiger partial charge in [-0.1, -0.05) is 33.4 Å². The first kappa shape index (κ1) is 9.18. The van der Waals surface area contributed by atoms with Crippen molar-refractivity contribution in [3.8, 4) is 0 Å². The Kier molecular flexibility index (Phi) is 4.15. The van der Waals surface area contributed by atoms with Crippen molar-refractivity contribution in [2.75, 3.05) is 6.54 Å². The van der Waals surface area contributed by atoms with Crippen molar-refractivity contribution in [2.45, 2.75) is 39.4 Å². The molecule has 0 aromatic rings. The molecule has 0 aliphatic rings. The second kappa shape index (κ2) is 4.07. The molecular formula is C7H19NSi. The van der Waals surface area contributed by atoms with Crippen LogP contribution in [0.5, 0.6) is 0 Å². The Bertz CT molecular complexity index is 63.3. The topological polar surface area (TPSA) is 12.0 Å². The third-order valence-electron chi connectivity index (χ3n) is 1.53. The van der Waals surface area contributed by atoms with Gasteiger partial charge in [-0.3, -0.25) is 0 Å². The fourth-order valence-electron chi connectivity index (χ4n) is 1.19. The zero-order valence-corrected chi connectivity index (χ0v) is 8.12. The summed E-state index contributed by atoms with van der Waals surface area (Å²) < 4.78 is 0. The van der Waals surface area contributed by atoms with Crippen molar-refractivity contribution < 1.29 is 0 Å². The second-order valence-electron chi connectivity index (χ2n) is 3.16. The van der Waals surface area contributed by atoms with E-state index in [4.69, 9.17) is 0 Å². The van der Waals surface area contributed by atoms with Gasteiger partial charge in [-0.05, 0) is 12.6 Å². The van der Waals surface area contributed by atoms with Crippen LogP contribution in [0.15, 0.2) is 0 Å². The Morgan fingerprint density at radius 1 is 1.22 bits per heavy atom. The molecule has 0 unspecified atom stereocenters. The molecule has 0 radical (unpaired) electrons. The van der Waals surface area contributed by atoms with Crippen molar-refractivity contribution in [1.82, 2.24) is 4.98 Å². The Morgan fingerprint density at radius 3 is 2.11 bits per heavy atom. The summed E-state index contributed by atoms with van der Waals surface area (Å²) in [6.45, 7) is 10.4. The van der Waals surface area contributed by atoms with E-state index in [0.717, 1.165) is 6.54 Å². The number of hydrogen-bond acceptors (Lipinski definition) is 1. The van der Waals surface area contributed by atoms with E-state index in [1.165, 1.54) is 12.5 Å². The van der Waals surface area contributed by atoms with E-state index in [9.17, 15) is 0 Å². The first-order chi connectivity index (χ1) is 4.12. The standard InChI is InChI=1S/C7H19NSi/c1-5-7-9(3,4)8-6-2/h8H,5-7H2,1-4H3. The van der Waals surface area contributed by atoms with Crippen LogP contribution in [-0.4, -0.2) is 14.8 Å². The zero-order chi connectivity index (χ0) is 7.33. The van der Waals surface area contributed by atoms with Gasteiger partial charge in [-0.2, -0.15) is 0 Å². The molecule has 0 atom stereocenters. The summed E-state index contributed by atoms with van der Waals surface area (Å²) in [5, 5.41) is 0. The van der Waals surface area contributed by atoms with Crippen LogP contribution in [-0.2, 0) is 0 Å². The lowest BCUT2D eigenvalue weighted by Gasteiger charge is -2.21. The maximum absolute atomic E-state index is 3.56. The highest BCUT2D eigenvalue weighted by Gasteiger charge is 2.16. The summed E-state index contributed by atoms with van der Waals surface area (Å²) in [5.41, 5.74) is 0. The molecule has 0 aromatic carbocycles. The predicted molar refractivity (Wildman–Crippen MR) is 46.3 cm³/mol. The van der Waals surface area contributed by atoms with Crippen LogP contribution in [0.2, 0.25) is 19.1 Å². The SMILES string of the molecule is CCC[Si](C)(C)NCC. The maximum Gasteiger partial charge on any atom is 0.119 e. The first-order valence-electron chi connectivity index (χ1n) is 3.87. The lowest BCUT2D eigenvalue weighted by atomic mass is 10.6. The molecule has 1 nitrogen and oxygen atoms in total. The first-order valence-corrected chi connectivity index (χ1v) is 7.08. The highest BCUT2D eigenvalue weighted by molar-refractivity contribution is 6.74. The van der Waals surface area contributed by atoms with Gasteiger partial charge in [-0.25, -0.2) is 0 Å². The molecule has 0 aliphatic carbocycles. The van der Waals surface area contributed by atoms with Crippen LogP contribution in [0.3, 0.4) is 0 Å². The summed E-state index contributed by atoms with van der Waals surface area (Å²) in [5.74, 6) is 0. The summed E-state index contributed by atoms with van der Waals surface area (Å²) in [6.07, 6.45) is 1.33. The number of rotatable bonds is 4. The molecule has 2 heteroatoms. The normalized spacial score (nSPS) is 12.0. The Hall–Kier alpha value is 0.177. The maximum atomic E-state index is 3.56. The molecular weight excluding hydrogens is 126 g/mol. The van der Waals surface area contributed by atoms with Gasteiger partial charge in [0.2, 0.25) is 0 Å². The molecule has 0 spiro atoms. The van der Waals surface area contributed by atoms with Crippen LogP contribution in [0.25, 0.3) is 0 Å².